The first kappa shape index (κ1) is 22.7. The van der Waals surface area contributed by atoms with E-state index in [-0.39, 0.29) is 0 Å². The van der Waals surface area contributed by atoms with Crippen LogP contribution < -0.4 is 14.8 Å². The van der Waals surface area contributed by atoms with Gasteiger partial charge in [0.25, 0.3) is 0 Å². The Morgan fingerprint density at radius 1 is 0.757 bits per heavy atom. The van der Waals surface area contributed by atoms with Crippen LogP contribution in [0.25, 0.3) is 33.1 Å². The van der Waals surface area contributed by atoms with Gasteiger partial charge in [0, 0.05) is 34.2 Å². The summed E-state index contributed by atoms with van der Waals surface area (Å²) in [6, 6.07) is 26.8. The smallest absolute Gasteiger partial charge is 0.161 e. The van der Waals surface area contributed by atoms with E-state index in [1.807, 2.05) is 78.9 Å². The predicted molar refractivity (Wildman–Crippen MR) is 146 cm³/mol. The Labute approximate surface area is 217 Å². The van der Waals surface area contributed by atoms with Gasteiger partial charge in [0.05, 0.1) is 23.3 Å². The summed E-state index contributed by atoms with van der Waals surface area (Å²) in [5.74, 6) is 2.79. The van der Waals surface area contributed by atoms with Crippen molar-refractivity contribution in [3.05, 3.63) is 102 Å². The Bertz CT molecular complexity index is 1720. The summed E-state index contributed by atoms with van der Waals surface area (Å²) in [7, 11) is 1.64. The van der Waals surface area contributed by atoms with E-state index >= 15 is 0 Å². The van der Waals surface area contributed by atoms with Crippen molar-refractivity contribution in [1.82, 2.24) is 20.2 Å². The van der Waals surface area contributed by atoms with Gasteiger partial charge in [0.2, 0.25) is 0 Å². The highest BCUT2D eigenvalue weighted by atomic mass is 35.5. The summed E-state index contributed by atoms with van der Waals surface area (Å²) in [6.07, 6.45) is 3.33. The van der Waals surface area contributed by atoms with Gasteiger partial charge in [-0.15, -0.1) is 10.2 Å². The van der Waals surface area contributed by atoms with E-state index in [9.17, 15) is 0 Å². The molecular weight excluding hydrogens is 486 g/mol. The zero-order valence-electron chi connectivity index (χ0n) is 19.7. The lowest BCUT2D eigenvalue weighted by Gasteiger charge is -2.12. The second-order valence-corrected chi connectivity index (χ2v) is 8.68. The van der Waals surface area contributed by atoms with E-state index in [0.717, 1.165) is 33.1 Å². The number of nitrogens with zero attached hydrogens (tertiary/aromatic N) is 4. The lowest BCUT2D eigenvalue weighted by molar-refractivity contribution is 0.415. The zero-order valence-corrected chi connectivity index (χ0v) is 20.5. The summed E-state index contributed by atoms with van der Waals surface area (Å²) in [6.45, 7) is 0. The molecule has 6 aromatic rings. The van der Waals surface area contributed by atoms with Crippen LogP contribution >= 0.6 is 11.6 Å². The molecule has 7 nitrogen and oxygen atoms in total. The molecule has 1 N–H and O–H groups in total. The van der Waals surface area contributed by atoms with Gasteiger partial charge in [-0.2, -0.15) is 0 Å². The van der Waals surface area contributed by atoms with Crippen molar-refractivity contribution in [1.29, 1.82) is 0 Å². The minimum absolute atomic E-state index is 0.573. The van der Waals surface area contributed by atoms with Crippen molar-refractivity contribution in [3.8, 4) is 28.6 Å². The first-order chi connectivity index (χ1) is 18.2. The van der Waals surface area contributed by atoms with Gasteiger partial charge >= 0.3 is 0 Å². The normalized spacial score (nSPS) is 11.0. The molecule has 8 heteroatoms. The van der Waals surface area contributed by atoms with Crippen molar-refractivity contribution >= 4 is 44.8 Å². The molecule has 0 saturated heterocycles. The number of pyridine rings is 2. The van der Waals surface area contributed by atoms with Gasteiger partial charge < -0.3 is 14.8 Å². The SMILES string of the molecule is COc1ccc2nccc(Oc3ccc(Nc4nnc(-c5ccc(Cl)cn5)c5ccccc45)cc3)c2c1. The fourth-order valence-corrected chi connectivity index (χ4v) is 4.20. The number of nitrogens with one attached hydrogen (secondary N) is 1. The van der Waals surface area contributed by atoms with Crippen LogP contribution in [0, 0.1) is 0 Å². The monoisotopic (exact) mass is 505 g/mol. The molecule has 0 aliphatic rings. The molecule has 3 aromatic carbocycles. The Morgan fingerprint density at radius 2 is 1.57 bits per heavy atom. The van der Waals surface area contributed by atoms with Crippen LogP contribution in [-0.2, 0) is 0 Å². The van der Waals surface area contributed by atoms with E-state index in [4.69, 9.17) is 21.1 Å². The third-order valence-corrected chi connectivity index (χ3v) is 6.13. The van der Waals surface area contributed by atoms with Crippen LogP contribution in [0.3, 0.4) is 0 Å². The average molecular weight is 506 g/mol. The van der Waals surface area contributed by atoms with E-state index in [2.05, 4.69) is 25.5 Å². The molecule has 0 spiro atoms. The summed E-state index contributed by atoms with van der Waals surface area (Å²) >= 11 is 6.00. The number of ether oxygens (including phenoxy) is 2. The first-order valence-electron chi connectivity index (χ1n) is 11.5. The minimum atomic E-state index is 0.573. The molecule has 180 valence electrons. The molecule has 3 heterocycles. The molecule has 0 atom stereocenters. The van der Waals surface area contributed by atoms with Crippen molar-refractivity contribution in [2.24, 2.45) is 0 Å². The highest BCUT2D eigenvalue weighted by Gasteiger charge is 2.12. The second kappa shape index (κ2) is 9.72. The molecule has 0 aliphatic heterocycles. The predicted octanol–water partition coefficient (Wildman–Crippen LogP) is 7.44. The number of hydrogen-bond acceptors (Lipinski definition) is 7. The molecule has 0 amide bonds. The number of anilines is 2. The number of aromatic nitrogens is 4. The Balaban J connectivity index is 1.27. The highest BCUT2D eigenvalue weighted by Crippen LogP contribution is 2.33. The van der Waals surface area contributed by atoms with Gasteiger partial charge in [0.1, 0.15) is 22.9 Å². The number of hydrogen-bond donors (Lipinski definition) is 1. The summed E-state index contributed by atoms with van der Waals surface area (Å²) < 4.78 is 11.5. The maximum absolute atomic E-state index is 6.17. The van der Waals surface area contributed by atoms with Crippen LogP contribution in [0.4, 0.5) is 11.5 Å². The van der Waals surface area contributed by atoms with E-state index in [0.29, 0.717) is 33.7 Å². The first-order valence-corrected chi connectivity index (χ1v) is 11.9. The molecule has 0 fully saturated rings. The largest absolute Gasteiger partial charge is 0.497 e. The fraction of sp³-hybridized carbons (Fsp3) is 0.0345. The zero-order chi connectivity index (χ0) is 25.2. The maximum Gasteiger partial charge on any atom is 0.161 e. The van der Waals surface area contributed by atoms with Crippen LogP contribution in [0.5, 0.6) is 17.2 Å². The molecule has 6 rings (SSSR count). The quantitative estimate of drug-likeness (QED) is 0.252. The Kier molecular flexibility index (Phi) is 5.96. The number of halogens is 1. The lowest BCUT2D eigenvalue weighted by atomic mass is 10.1. The number of rotatable bonds is 6. The van der Waals surface area contributed by atoms with Crippen LogP contribution in [0.1, 0.15) is 0 Å². The Hall–Kier alpha value is -4.75. The third kappa shape index (κ3) is 4.60. The van der Waals surface area contributed by atoms with Gasteiger partial charge in [-0.25, -0.2) is 0 Å². The van der Waals surface area contributed by atoms with Crippen LogP contribution in [0.15, 0.2) is 97.3 Å². The van der Waals surface area contributed by atoms with Gasteiger partial charge in [-0.3, -0.25) is 9.97 Å². The van der Waals surface area contributed by atoms with Gasteiger partial charge in [-0.05, 0) is 60.7 Å². The third-order valence-electron chi connectivity index (χ3n) is 5.91. The van der Waals surface area contributed by atoms with E-state index in [1.165, 1.54) is 0 Å². The van der Waals surface area contributed by atoms with Crippen LogP contribution in [-0.4, -0.2) is 27.3 Å². The van der Waals surface area contributed by atoms with Gasteiger partial charge in [-0.1, -0.05) is 35.9 Å². The maximum atomic E-state index is 6.17. The second-order valence-electron chi connectivity index (χ2n) is 8.25. The topological polar surface area (TPSA) is 82.0 Å². The minimum Gasteiger partial charge on any atom is -0.497 e. The molecule has 0 aliphatic carbocycles. The highest BCUT2D eigenvalue weighted by molar-refractivity contribution is 6.30. The van der Waals surface area contributed by atoms with Crippen molar-refractivity contribution in [2.45, 2.75) is 0 Å². The molecule has 0 unspecified atom stereocenters. The average Bonchev–Trinajstić information content (AvgIpc) is 2.95. The standard InChI is InChI=1S/C29H20ClN5O2/c1-36-21-11-13-25-24(16-21)27(14-15-31-25)37-20-9-7-19(8-10-20)33-29-23-5-3-2-4-22(23)28(34-35-29)26-12-6-18(30)17-32-26/h2-17H,1H3,(H,33,35). The summed E-state index contributed by atoms with van der Waals surface area (Å²) in [5, 5.41) is 15.6. The van der Waals surface area contributed by atoms with Crippen molar-refractivity contribution < 1.29 is 9.47 Å². The van der Waals surface area contributed by atoms with Gasteiger partial charge in [0.15, 0.2) is 5.82 Å². The molecule has 37 heavy (non-hydrogen) atoms. The number of methoxy groups -OCH3 is 1. The Morgan fingerprint density at radius 3 is 2.35 bits per heavy atom. The van der Waals surface area contributed by atoms with E-state index < -0.39 is 0 Å². The molecule has 0 saturated carbocycles. The number of fused-ring (bicyclic) bond motifs is 2. The van der Waals surface area contributed by atoms with Crippen LogP contribution in [0.2, 0.25) is 5.02 Å². The molecule has 0 bridgehead atoms. The molecular formula is C29H20ClN5O2. The summed E-state index contributed by atoms with van der Waals surface area (Å²) in [5.41, 5.74) is 3.09. The number of benzene rings is 3. The van der Waals surface area contributed by atoms with E-state index in [1.54, 1.807) is 25.6 Å². The molecule has 3 aromatic heterocycles. The summed E-state index contributed by atoms with van der Waals surface area (Å²) in [4.78, 5) is 8.81. The molecule has 0 radical (unpaired) electrons. The van der Waals surface area contributed by atoms with Crippen molar-refractivity contribution in [3.63, 3.8) is 0 Å². The van der Waals surface area contributed by atoms with Crippen molar-refractivity contribution in [2.75, 3.05) is 12.4 Å². The fourth-order valence-electron chi connectivity index (χ4n) is 4.09. The lowest BCUT2D eigenvalue weighted by Crippen LogP contribution is -2.00.